The lowest BCUT2D eigenvalue weighted by molar-refractivity contribution is -0.384. The standard InChI is InChI=1S/C44H45ClN8O5S2/c45-34-11-14-39(32-7-3-1-4-8-32)33(25-34)28-50-17-19-52(20-18-50)36-12-15-40-42(26-36)46-31-47-44(40)49-60(56,57)38-13-16-41(43(27-38)53(54)55)48-35(29-51-21-23-58-24-22-51)30-59-37-9-5-2-6-10-37/h1-16,25-27,31,35,48H,17-24,28-30H2,(H,46,47,49)/t35-/m1/s1. The Hall–Kier alpha value is -5.29. The predicted octanol–water partition coefficient (Wildman–Crippen LogP) is 7.89. The van der Waals surface area contributed by atoms with Gasteiger partial charge in [-0.05, 0) is 71.3 Å². The molecule has 0 radical (unpaired) electrons. The first kappa shape index (κ1) is 41.4. The van der Waals surface area contributed by atoms with Gasteiger partial charge in [0.1, 0.15) is 12.0 Å². The van der Waals surface area contributed by atoms with E-state index in [4.69, 9.17) is 16.3 Å². The van der Waals surface area contributed by atoms with E-state index in [1.807, 2.05) is 72.8 Å². The molecular weight excluding hydrogens is 820 g/mol. The minimum Gasteiger partial charge on any atom is -0.379 e. The van der Waals surface area contributed by atoms with E-state index in [1.54, 1.807) is 11.8 Å². The van der Waals surface area contributed by atoms with Crippen molar-refractivity contribution >= 4 is 67.2 Å². The van der Waals surface area contributed by atoms with Gasteiger partial charge in [-0.1, -0.05) is 66.2 Å². The second-order valence-corrected chi connectivity index (χ2v) is 18.0. The van der Waals surface area contributed by atoms with Gasteiger partial charge in [0, 0.05) is 91.2 Å². The number of benzene rings is 5. The van der Waals surface area contributed by atoms with Crippen LogP contribution >= 0.6 is 23.4 Å². The van der Waals surface area contributed by atoms with Crippen LogP contribution in [0.1, 0.15) is 5.56 Å². The molecule has 0 amide bonds. The first-order chi connectivity index (χ1) is 29.2. The van der Waals surface area contributed by atoms with Crippen LogP contribution in [-0.4, -0.2) is 104 Å². The Morgan fingerprint density at radius 2 is 1.58 bits per heavy atom. The summed E-state index contributed by atoms with van der Waals surface area (Å²) in [6.07, 6.45) is 1.31. The Kier molecular flexibility index (Phi) is 13.1. The van der Waals surface area contributed by atoms with E-state index < -0.39 is 14.9 Å². The number of morpholine rings is 1. The molecule has 0 aliphatic carbocycles. The van der Waals surface area contributed by atoms with Crippen molar-refractivity contribution in [3.8, 4) is 11.1 Å². The minimum absolute atomic E-state index is 0.0838. The van der Waals surface area contributed by atoms with Crippen molar-refractivity contribution < 1.29 is 18.1 Å². The number of nitro benzene ring substituents is 1. The van der Waals surface area contributed by atoms with Crippen LogP contribution in [0.15, 0.2) is 131 Å². The molecule has 1 aromatic heterocycles. The number of nitrogens with one attached hydrogen (secondary N) is 2. The zero-order chi connectivity index (χ0) is 41.5. The maximum Gasteiger partial charge on any atom is 0.293 e. The average Bonchev–Trinajstić information content (AvgIpc) is 3.27. The van der Waals surface area contributed by atoms with E-state index in [0.717, 1.165) is 68.0 Å². The highest BCUT2D eigenvalue weighted by atomic mass is 35.5. The third-order valence-corrected chi connectivity index (χ3v) is 13.5. The molecule has 60 heavy (non-hydrogen) atoms. The van der Waals surface area contributed by atoms with Gasteiger partial charge in [-0.3, -0.25) is 24.6 Å². The fourth-order valence-corrected chi connectivity index (χ4v) is 9.80. The first-order valence-electron chi connectivity index (χ1n) is 19.8. The summed E-state index contributed by atoms with van der Waals surface area (Å²) in [7, 11) is -4.28. The molecule has 2 aliphatic heterocycles. The van der Waals surface area contributed by atoms with Gasteiger partial charge in [0.2, 0.25) is 0 Å². The van der Waals surface area contributed by atoms with Crippen LogP contribution in [0.25, 0.3) is 22.0 Å². The Balaban J connectivity index is 0.945. The summed E-state index contributed by atoms with van der Waals surface area (Å²) in [5, 5.41) is 17.0. The van der Waals surface area contributed by atoms with Crippen LogP contribution in [0.4, 0.5) is 22.9 Å². The average molecular weight is 865 g/mol. The Morgan fingerprint density at radius 1 is 0.833 bits per heavy atom. The smallest absolute Gasteiger partial charge is 0.293 e. The van der Waals surface area contributed by atoms with Crippen molar-refractivity contribution in [2.75, 3.05) is 79.7 Å². The van der Waals surface area contributed by atoms with Crippen molar-refractivity contribution in [1.29, 1.82) is 0 Å². The number of fused-ring (bicyclic) bond motifs is 1. The summed E-state index contributed by atoms with van der Waals surface area (Å²) in [5.41, 5.74) is 4.96. The van der Waals surface area contributed by atoms with Crippen molar-refractivity contribution in [3.63, 3.8) is 0 Å². The second-order valence-electron chi connectivity index (χ2n) is 14.8. The predicted molar refractivity (Wildman–Crippen MR) is 240 cm³/mol. The van der Waals surface area contributed by atoms with Gasteiger partial charge in [0.05, 0.1) is 28.5 Å². The second kappa shape index (κ2) is 19.0. The zero-order valence-electron chi connectivity index (χ0n) is 32.8. The Labute approximate surface area is 358 Å². The largest absolute Gasteiger partial charge is 0.379 e. The van der Waals surface area contributed by atoms with Crippen LogP contribution in [0, 0.1) is 10.1 Å². The highest BCUT2D eigenvalue weighted by Crippen LogP contribution is 2.33. The number of aromatic nitrogens is 2. The molecule has 2 N–H and O–H groups in total. The number of nitrogens with zero attached hydrogens (tertiary/aromatic N) is 6. The highest BCUT2D eigenvalue weighted by molar-refractivity contribution is 7.99. The number of ether oxygens (including phenoxy) is 1. The van der Waals surface area contributed by atoms with Crippen LogP contribution in [0.2, 0.25) is 5.02 Å². The van der Waals surface area contributed by atoms with E-state index in [-0.39, 0.29) is 28.1 Å². The van der Waals surface area contributed by atoms with Crippen molar-refractivity contribution in [2.24, 2.45) is 0 Å². The van der Waals surface area contributed by atoms with E-state index in [1.165, 1.54) is 29.6 Å². The Bertz CT molecular complexity index is 2540. The van der Waals surface area contributed by atoms with Gasteiger partial charge in [-0.15, -0.1) is 11.8 Å². The molecule has 2 saturated heterocycles. The van der Waals surface area contributed by atoms with Crippen LogP contribution < -0.4 is 14.9 Å². The number of sulfonamides is 1. The molecule has 2 aliphatic rings. The number of piperazine rings is 1. The van der Waals surface area contributed by atoms with Gasteiger partial charge in [-0.2, -0.15) is 0 Å². The maximum atomic E-state index is 13.8. The molecular formula is C44H45ClN8O5S2. The monoisotopic (exact) mass is 864 g/mol. The third kappa shape index (κ3) is 10.2. The zero-order valence-corrected chi connectivity index (χ0v) is 35.2. The number of anilines is 3. The maximum absolute atomic E-state index is 13.8. The molecule has 16 heteroatoms. The number of hydrogen-bond donors (Lipinski definition) is 2. The number of thioether (sulfide) groups is 1. The molecule has 2 fully saturated rings. The molecule has 0 unspecified atom stereocenters. The lowest BCUT2D eigenvalue weighted by atomic mass is 9.99. The molecule has 3 heterocycles. The fourth-order valence-electron chi connectivity index (χ4n) is 7.63. The number of halogens is 1. The van der Waals surface area contributed by atoms with Gasteiger partial charge >= 0.3 is 0 Å². The summed E-state index contributed by atoms with van der Waals surface area (Å²) in [5.74, 6) is 0.721. The fraction of sp³-hybridized carbons (Fsp3) is 0.273. The number of hydrogen-bond acceptors (Lipinski definition) is 12. The van der Waals surface area contributed by atoms with Gasteiger partial charge in [-0.25, -0.2) is 18.4 Å². The molecule has 13 nitrogen and oxygen atoms in total. The van der Waals surface area contributed by atoms with Crippen molar-refractivity contribution in [2.45, 2.75) is 22.4 Å². The quantitative estimate of drug-likeness (QED) is 0.0588. The van der Waals surface area contributed by atoms with Crippen molar-refractivity contribution in [3.05, 3.63) is 142 Å². The van der Waals surface area contributed by atoms with Crippen LogP contribution in [0.3, 0.4) is 0 Å². The molecule has 0 saturated carbocycles. The highest BCUT2D eigenvalue weighted by Gasteiger charge is 2.26. The summed E-state index contributed by atoms with van der Waals surface area (Å²) >= 11 is 8.08. The topological polar surface area (TPSA) is 146 Å². The number of nitro groups is 1. The summed E-state index contributed by atoms with van der Waals surface area (Å²) in [6, 6.07) is 35.8. The first-order valence-corrected chi connectivity index (χ1v) is 22.6. The molecule has 5 aromatic carbocycles. The molecule has 6 aromatic rings. The molecule has 8 rings (SSSR count). The van der Waals surface area contributed by atoms with E-state index in [9.17, 15) is 18.5 Å². The van der Waals surface area contributed by atoms with Gasteiger partial charge in [0.15, 0.2) is 5.82 Å². The summed E-state index contributed by atoms with van der Waals surface area (Å²) < 4.78 is 35.7. The molecule has 310 valence electrons. The minimum atomic E-state index is -4.28. The van der Waals surface area contributed by atoms with Crippen molar-refractivity contribution in [1.82, 2.24) is 19.8 Å². The van der Waals surface area contributed by atoms with Crippen LogP contribution in [0.5, 0.6) is 0 Å². The van der Waals surface area contributed by atoms with E-state index in [0.29, 0.717) is 41.4 Å². The molecule has 0 spiro atoms. The van der Waals surface area contributed by atoms with Gasteiger partial charge in [0.25, 0.3) is 15.7 Å². The summed E-state index contributed by atoms with van der Waals surface area (Å²) in [4.78, 5) is 28.4. The summed E-state index contributed by atoms with van der Waals surface area (Å²) in [6.45, 7) is 7.46. The number of rotatable bonds is 15. The van der Waals surface area contributed by atoms with E-state index in [2.05, 4.69) is 59.0 Å². The third-order valence-electron chi connectivity index (χ3n) is 10.7. The normalized spacial score (nSPS) is 15.8. The van der Waals surface area contributed by atoms with Gasteiger partial charge < -0.3 is 15.0 Å². The lowest BCUT2D eigenvalue weighted by Crippen LogP contribution is -2.46. The van der Waals surface area contributed by atoms with Crippen LogP contribution in [-0.2, 0) is 21.3 Å². The lowest BCUT2D eigenvalue weighted by Gasteiger charge is -2.36. The Morgan fingerprint density at radius 3 is 2.33 bits per heavy atom. The van der Waals surface area contributed by atoms with E-state index >= 15 is 0 Å². The molecule has 1 atom stereocenters. The SMILES string of the molecule is O=[N+]([O-])c1cc(S(=O)(=O)Nc2ncnc3cc(N4CCN(Cc5cc(Cl)ccc5-c5ccccc5)CC4)ccc23)ccc1N[C@@H](CSc1ccccc1)CN1CCOCC1. The molecule has 0 bridgehead atoms.